The van der Waals surface area contributed by atoms with Crippen molar-refractivity contribution in [1.82, 2.24) is 0 Å². The molecule has 0 aliphatic rings. The summed E-state index contributed by atoms with van der Waals surface area (Å²) < 4.78 is 21.3. The van der Waals surface area contributed by atoms with Gasteiger partial charge in [0, 0.05) is 0 Å². The average Bonchev–Trinajstić information content (AvgIpc) is 2.31. The molecule has 0 amide bonds. The van der Waals surface area contributed by atoms with E-state index in [0.29, 0.717) is 22.6 Å². The Bertz CT molecular complexity index is 490. The number of hydrogen-bond donors (Lipinski definition) is 1. The van der Waals surface area contributed by atoms with Crippen LogP contribution in [0.5, 0.6) is 0 Å². The maximum atomic E-state index is 11.7. The monoisotopic (exact) mass is 310 g/mol. The number of benzene rings is 1. The highest BCUT2D eigenvalue weighted by atomic mass is 32.2. The van der Waals surface area contributed by atoms with Crippen molar-refractivity contribution in [2.45, 2.75) is 65.7 Å². The van der Waals surface area contributed by atoms with Crippen molar-refractivity contribution in [2.24, 2.45) is 17.8 Å². The van der Waals surface area contributed by atoms with Crippen LogP contribution in [0.15, 0.2) is 17.0 Å². The Labute approximate surface area is 132 Å². The summed E-state index contributed by atoms with van der Waals surface area (Å²) in [5.74, 6) is 1.62. The minimum Gasteiger partial charge on any atom is -0.302 e. The van der Waals surface area contributed by atoms with Crippen LogP contribution in [0.3, 0.4) is 0 Å². The lowest BCUT2D eigenvalue weighted by molar-refractivity contribution is 0.556. The van der Waals surface area contributed by atoms with E-state index < -0.39 is 11.1 Å². The molecule has 1 rings (SSSR count). The second kappa shape index (κ2) is 8.09. The minimum absolute atomic E-state index is 0.479. The van der Waals surface area contributed by atoms with Gasteiger partial charge in [0.15, 0.2) is 11.1 Å². The molecule has 0 fully saturated rings. The molecule has 1 aromatic carbocycles. The molecule has 2 nitrogen and oxygen atoms in total. The van der Waals surface area contributed by atoms with E-state index in [1.807, 2.05) is 6.07 Å². The molecule has 0 spiro atoms. The van der Waals surface area contributed by atoms with E-state index in [1.165, 1.54) is 11.1 Å². The molecular weight excluding hydrogens is 280 g/mol. The van der Waals surface area contributed by atoms with Crippen molar-refractivity contribution in [3.05, 3.63) is 28.8 Å². The van der Waals surface area contributed by atoms with E-state index in [2.05, 4.69) is 47.6 Å². The van der Waals surface area contributed by atoms with Crippen molar-refractivity contribution in [3.8, 4) is 0 Å². The van der Waals surface area contributed by atoms with E-state index in [-0.39, 0.29) is 0 Å². The summed E-state index contributed by atoms with van der Waals surface area (Å²) in [6, 6.07) is 3.92. The zero-order valence-corrected chi connectivity index (χ0v) is 15.1. The van der Waals surface area contributed by atoms with Crippen LogP contribution in [0, 0.1) is 17.8 Å². The molecule has 0 bridgehead atoms. The Kier molecular flexibility index (Phi) is 7.08. The van der Waals surface area contributed by atoms with Crippen molar-refractivity contribution in [1.29, 1.82) is 0 Å². The van der Waals surface area contributed by atoms with Gasteiger partial charge in [0.05, 0.1) is 4.90 Å². The first-order valence-electron chi connectivity index (χ1n) is 7.96. The summed E-state index contributed by atoms with van der Waals surface area (Å²) >= 11 is -1.90. The van der Waals surface area contributed by atoms with Crippen LogP contribution in [0.2, 0.25) is 0 Å². The van der Waals surface area contributed by atoms with E-state index in [0.717, 1.165) is 24.8 Å². The maximum Gasteiger partial charge on any atom is 0.186 e. The molecule has 1 unspecified atom stereocenters. The zero-order valence-electron chi connectivity index (χ0n) is 14.3. The van der Waals surface area contributed by atoms with E-state index >= 15 is 0 Å². The third kappa shape index (κ3) is 5.55. The van der Waals surface area contributed by atoms with Crippen molar-refractivity contribution in [2.75, 3.05) is 0 Å². The molecule has 21 heavy (non-hydrogen) atoms. The first-order chi connectivity index (χ1) is 9.72. The maximum absolute atomic E-state index is 11.7. The Morgan fingerprint density at radius 1 is 0.857 bits per heavy atom. The van der Waals surface area contributed by atoms with Gasteiger partial charge in [-0.2, -0.15) is 0 Å². The molecule has 1 N–H and O–H groups in total. The van der Waals surface area contributed by atoms with Gasteiger partial charge < -0.3 is 4.55 Å². The van der Waals surface area contributed by atoms with Gasteiger partial charge in [-0.05, 0) is 59.8 Å². The second-order valence-corrected chi connectivity index (χ2v) is 8.16. The lowest BCUT2D eigenvalue weighted by Crippen LogP contribution is -2.12. The first kappa shape index (κ1) is 18.4. The topological polar surface area (TPSA) is 37.3 Å². The number of hydrogen-bond acceptors (Lipinski definition) is 1. The van der Waals surface area contributed by atoms with Gasteiger partial charge in [-0.1, -0.05) is 47.6 Å². The summed E-state index contributed by atoms with van der Waals surface area (Å²) in [4.78, 5) is 0.604. The molecule has 1 atom stereocenters. The first-order valence-corrected chi connectivity index (χ1v) is 9.07. The van der Waals surface area contributed by atoms with Crippen LogP contribution in [0.1, 0.15) is 58.2 Å². The third-order valence-electron chi connectivity index (χ3n) is 3.53. The van der Waals surface area contributed by atoms with Crippen LogP contribution >= 0.6 is 0 Å². The van der Waals surface area contributed by atoms with E-state index in [9.17, 15) is 8.76 Å². The van der Waals surface area contributed by atoms with Crippen LogP contribution in [-0.2, 0) is 30.3 Å². The van der Waals surface area contributed by atoms with Gasteiger partial charge >= 0.3 is 0 Å². The standard InChI is InChI=1S/C18H30O2S/c1-12(2)9-15-7-8-18(21(19)20)17(11-14(5)6)16(15)10-13(3)4/h7-8,12-14H,9-11H2,1-6H3,(H,19,20). The summed E-state index contributed by atoms with van der Waals surface area (Å²) in [6.07, 6.45) is 2.89. The summed E-state index contributed by atoms with van der Waals surface area (Å²) in [5.41, 5.74) is 3.77. The predicted octanol–water partition coefficient (Wildman–Crippen LogP) is 4.86. The second-order valence-electron chi connectivity index (χ2n) is 7.22. The highest BCUT2D eigenvalue weighted by molar-refractivity contribution is 7.79. The zero-order chi connectivity index (χ0) is 16.2. The highest BCUT2D eigenvalue weighted by Gasteiger charge is 2.18. The molecule has 1 aromatic rings. The van der Waals surface area contributed by atoms with Crippen LogP contribution < -0.4 is 0 Å². The number of rotatable bonds is 7. The fourth-order valence-electron chi connectivity index (χ4n) is 2.81. The van der Waals surface area contributed by atoms with Gasteiger partial charge in [0.2, 0.25) is 0 Å². The highest BCUT2D eigenvalue weighted by Crippen LogP contribution is 2.28. The van der Waals surface area contributed by atoms with Crippen molar-refractivity contribution >= 4 is 11.1 Å². The lowest BCUT2D eigenvalue weighted by atomic mass is 9.86. The Morgan fingerprint density at radius 2 is 1.33 bits per heavy atom. The van der Waals surface area contributed by atoms with E-state index in [4.69, 9.17) is 0 Å². The van der Waals surface area contributed by atoms with Crippen LogP contribution in [0.25, 0.3) is 0 Å². The molecule has 120 valence electrons. The summed E-state index contributed by atoms with van der Waals surface area (Å²) in [6.45, 7) is 13.2. The molecule has 0 saturated carbocycles. The normalized spacial score (nSPS) is 13.4. The minimum atomic E-state index is -1.90. The summed E-state index contributed by atoms with van der Waals surface area (Å²) in [5, 5.41) is 0. The molecule has 0 aromatic heterocycles. The quantitative estimate of drug-likeness (QED) is 0.730. The van der Waals surface area contributed by atoms with Gasteiger partial charge in [-0.3, -0.25) is 0 Å². The Morgan fingerprint density at radius 3 is 1.76 bits per heavy atom. The smallest absolute Gasteiger partial charge is 0.186 e. The van der Waals surface area contributed by atoms with Gasteiger partial charge in [-0.15, -0.1) is 0 Å². The SMILES string of the molecule is CC(C)Cc1ccc(S(=O)O)c(CC(C)C)c1CC(C)C. The van der Waals surface area contributed by atoms with Crippen LogP contribution in [0.4, 0.5) is 0 Å². The average molecular weight is 311 g/mol. The van der Waals surface area contributed by atoms with Crippen LogP contribution in [-0.4, -0.2) is 8.76 Å². The lowest BCUT2D eigenvalue weighted by Gasteiger charge is -2.21. The molecule has 3 heteroatoms. The Hall–Kier alpha value is -0.670. The third-order valence-corrected chi connectivity index (χ3v) is 4.28. The summed E-state index contributed by atoms with van der Waals surface area (Å²) in [7, 11) is 0. The fourth-order valence-corrected chi connectivity index (χ4v) is 3.41. The largest absolute Gasteiger partial charge is 0.302 e. The van der Waals surface area contributed by atoms with Crippen molar-refractivity contribution in [3.63, 3.8) is 0 Å². The molecule has 0 saturated heterocycles. The molecular formula is C18H30O2S. The van der Waals surface area contributed by atoms with E-state index in [1.54, 1.807) is 0 Å². The predicted molar refractivity (Wildman–Crippen MR) is 91.1 cm³/mol. The van der Waals surface area contributed by atoms with Gasteiger partial charge in [0.1, 0.15) is 0 Å². The molecule has 0 aliphatic heterocycles. The molecule has 0 aliphatic carbocycles. The fraction of sp³-hybridized carbons (Fsp3) is 0.667. The molecule has 0 heterocycles. The molecule has 0 radical (unpaired) electrons. The van der Waals surface area contributed by atoms with Crippen molar-refractivity contribution < 1.29 is 8.76 Å². The van der Waals surface area contributed by atoms with Gasteiger partial charge in [0.25, 0.3) is 0 Å². The van der Waals surface area contributed by atoms with Gasteiger partial charge in [-0.25, -0.2) is 4.21 Å². The Balaban J connectivity index is 3.43.